The van der Waals surface area contributed by atoms with Gasteiger partial charge in [-0.3, -0.25) is 0 Å². The molecule has 0 radical (unpaired) electrons. The maximum absolute atomic E-state index is 11.9. The van der Waals surface area contributed by atoms with Crippen LogP contribution in [-0.2, 0) is 15.1 Å². The van der Waals surface area contributed by atoms with E-state index in [0.29, 0.717) is 5.57 Å². The molecule has 0 N–H and O–H groups in total. The van der Waals surface area contributed by atoms with Crippen molar-refractivity contribution in [2.75, 3.05) is 0 Å². The molecule has 0 saturated heterocycles. The summed E-state index contributed by atoms with van der Waals surface area (Å²) < 4.78 is 7.04. The zero-order valence-electron chi connectivity index (χ0n) is 10.5. The predicted molar refractivity (Wildman–Crippen MR) is 82.7 cm³/mol. The van der Waals surface area contributed by atoms with Crippen LogP contribution in [0.15, 0.2) is 24.3 Å². The van der Waals surface area contributed by atoms with Gasteiger partial charge in [-0.25, -0.2) is 4.79 Å². The molecule has 0 amide bonds. The summed E-state index contributed by atoms with van der Waals surface area (Å²) in [5.41, 5.74) is 0.0775. The van der Waals surface area contributed by atoms with Gasteiger partial charge in [0, 0.05) is 10.5 Å². The molecule has 1 aromatic rings. The Morgan fingerprint density at radius 1 is 1.39 bits per heavy atom. The number of hydrogen-bond acceptors (Lipinski definition) is 3. The first kappa shape index (κ1) is 14.1. The van der Waals surface area contributed by atoms with Gasteiger partial charge < -0.3 is 4.74 Å². The fourth-order valence-corrected chi connectivity index (χ4v) is 4.15. The van der Waals surface area contributed by atoms with Crippen LogP contribution in [0.2, 0.25) is 0 Å². The van der Waals surface area contributed by atoms with Crippen molar-refractivity contribution < 1.29 is 9.53 Å². The Kier molecular flexibility index (Phi) is 4.48. The average molecular weight is 376 g/mol. The third-order valence-corrected chi connectivity index (χ3v) is 5.40. The second-order valence-electron chi connectivity index (χ2n) is 4.83. The molecule has 0 unspecified atom stereocenters. The van der Waals surface area contributed by atoms with Crippen LogP contribution in [0.5, 0.6) is 0 Å². The summed E-state index contributed by atoms with van der Waals surface area (Å²) in [6, 6.07) is 4.19. The molecule has 1 heterocycles. The zero-order chi connectivity index (χ0) is 13.2. The van der Waals surface area contributed by atoms with E-state index in [-0.39, 0.29) is 5.97 Å². The summed E-state index contributed by atoms with van der Waals surface area (Å²) in [5, 5.41) is 0. The molecule has 2 nitrogen and oxygen atoms in total. The van der Waals surface area contributed by atoms with E-state index in [1.807, 2.05) is 0 Å². The lowest BCUT2D eigenvalue weighted by Crippen LogP contribution is -2.34. The molecule has 1 saturated carbocycles. The Bertz CT molecular complexity index is 458. The molecule has 0 aromatic carbocycles. The lowest BCUT2D eigenvalue weighted by atomic mass is 9.83. The molecule has 1 aliphatic carbocycles. The van der Waals surface area contributed by atoms with E-state index >= 15 is 0 Å². The quantitative estimate of drug-likeness (QED) is 0.437. The summed E-state index contributed by atoms with van der Waals surface area (Å²) in [6.45, 7) is 5.38. The third kappa shape index (κ3) is 2.96. The van der Waals surface area contributed by atoms with E-state index in [1.54, 1.807) is 18.3 Å². The van der Waals surface area contributed by atoms with Gasteiger partial charge >= 0.3 is 5.97 Å². The Balaban J connectivity index is 2.28. The number of carbonyl (C=O) groups excluding carboxylic acids is 1. The van der Waals surface area contributed by atoms with Crippen LogP contribution < -0.4 is 0 Å². The molecule has 18 heavy (non-hydrogen) atoms. The minimum atomic E-state index is -0.400. The minimum Gasteiger partial charge on any atom is -0.450 e. The molecule has 0 spiro atoms. The Labute approximate surface area is 126 Å². The third-order valence-electron chi connectivity index (χ3n) is 3.32. The van der Waals surface area contributed by atoms with E-state index < -0.39 is 5.60 Å². The van der Waals surface area contributed by atoms with E-state index in [1.165, 1.54) is 14.2 Å². The van der Waals surface area contributed by atoms with E-state index in [4.69, 9.17) is 4.74 Å². The monoisotopic (exact) mass is 376 g/mol. The number of rotatable bonds is 3. The Morgan fingerprint density at radius 2 is 2.06 bits per heavy atom. The summed E-state index contributed by atoms with van der Waals surface area (Å²) >= 11 is 4.04. The second-order valence-corrected chi connectivity index (χ2v) is 7.81. The molecule has 1 aliphatic rings. The molecular formula is C14H17IO2S. The number of halogens is 1. The van der Waals surface area contributed by atoms with Crippen molar-refractivity contribution in [2.45, 2.75) is 44.6 Å². The lowest BCUT2D eigenvalue weighted by molar-refractivity contribution is -0.159. The molecule has 1 aromatic heterocycles. The molecule has 1 fully saturated rings. The molecule has 4 heteroatoms. The van der Waals surface area contributed by atoms with Gasteiger partial charge in [-0.05, 0) is 67.3 Å². The van der Waals surface area contributed by atoms with Crippen LogP contribution >= 0.6 is 33.9 Å². The topological polar surface area (TPSA) is 26.3 Å². The number of thiophene rings is 1. The van der Waals surface area contributed by atoms with Gasteiger partial charge in [0.15, 0.2) is 0 Å². The zero-order valence-corrected chi connectivity index (χ0v) is 13.5. The lowest BCUT2D eigenvalue weighted by Gasteiger charge is -2.36. The van der Waals surface area contributed by atoms with Crippen LogP contribution in [0.3, 0.4) is 0 Å². The summed E-state index contributed by atoms with van der Waals surface area (Å²) in [5.74, 6) is -0.264. The maximum Gasteiger partial charge on any atom is 0.334 e. The fraction of sp³-hybridized carbons (Fsp3) is 0.500. The molecular weight excluding hydrogens is 359 g/mol. The Hall–Kier alpha value is -0.360. The van der Waals surface area contributed by atoms with Crippen LogP contribution in [0, 0.1) is 2.88 Å². The van der Waals surface area contributed by atoms with Gasteiger partial charge in [0.1, 0.15) is 5.60 Å². The van der Waals surface area contributed by atoms with Crippen LogP contribution in [0.4, 0.5) is 0 Å². The molecule has 0 bridgehead atoms. The predicted octanol–water partition coefficient (Wildman–Crippen LogP) is 4.63. The largest absolute Gasteiger partial charge is 0.450 e. The van der Waals surface area contributed by atoms with E-state index in [0.717, 1.165) is 25.7 Å². The highest BCUT2D eigenvalue weighted by atomic mass is 127. The van der Waals surface area contributed by atoms with Crippen LogP contribution in [0.1, 0.15) is 43.9 Å². The second kappa shape index (κ2) is 5.74. The summed E-state index contributed by atoms with van der Waals surface area (Å²) in [4.78, 5) is 13.1. The number of esters is 1. The number of ether oxygens (including phenoxy) is 1. The highest BCUT2D eigenvalue weighted by Gasteiger charge is 2.39. The van der Waals surface area contributed by atoms with Crippen LogP contribution in [-0.4, -0.2) is 5.97 Å². The van der Waals surface area contributed by atoms with Gasteiger partial charge in [0.2, 0.25) is 0 Å². The van der Waals surface area contributed by atoms with E-state index in [9.17, 15) is 4.79 Å². The minimum absolute atomic E-state index is 0.264. The van der Waals surface area contributed by atoms with Gasteiger partial charge in [-0.1, -0.05) is 13.0 Å². The number of hydrogen-bond donors (Lipinski definition) is 0. The highest BCUT2D eigenvalue weighted by Crippen LogP contribution is 2.43. The SMILES string of the molecule is C=C(C)C(=O)OC1(c2ccc(I)s2)CCCCC1. The summed E-state index contributed by atoms with van der Waals surface area (Å²) in [7, 11) is 0. The molecule has 98 valence electrons. The molecule has 0 aliphatic heterocycles. The first-order valence-corrected chi connectivity index (χ1v) is 8.08. The van der Waals surface area contributed by atoms with Crippen molar-refractivity contribution in [3.05, 3.63) is 32.0 Å². The van der Waals surface area contributed by atoms with Gasteiger partial charge in [0.05, 0.1) is 2.88 Å². The van der Waals surface area contributed by atoms with Crippen molar-refractivity contribution >= 4 is 39.9 Å². The first-order valence-electron chi connectivity index (χ1n) is 6.18. The van der Waals surface area contributed by atoms with Crippen LogP contribution in [0.25, 0.3) is 0 Å². The van der Waals surface area contributed by atoms with Gasteiger partial charge in [0.25, 0.3) is 0 Å². The van der Waals surface area contributed by atoms with E-state index in [2.05, 4.69) is 41.3 Å². The van der Waals surface area contributed by atoms with Crippen molar-refractivity contribution in [3.8, 4) is 0 Å². The van der Waals surface area contributed by atoms with Crippen molar-refractivity contribution in [2.24, 2.45) is 0 Å². The normalized spacial score (nSPS) is 18.3. The van der Waals surface area contributed by atoms with Crippen molar-refractivity contribution in [3.63, 3.8) is 0 Å². The highest BCUT2D eigenvalue weighted by molar-refractivity contribution is 14.1. The van der Waals surface area contributed by atoms with Gasteiger partial charge in [-0.2, -0.15) is 0 Å². The molecule has 0 atom stereocenters. The fourth-order valence-electron chi connectivity index (χ4n) is 2.35. The smallest absolute Gasteiger partial charge is 0.334 e. The van der Waals surface area contributed by atoms with Crippen molar-refractivity contribution in [1.82, 2.24) is 0 Å². The van der Waals surface area contributed by atoms with Crippen molar-refractivity contribution in [1.29, 1.82) is 0 Å². The Morgan fingerprint density at radius 3 is 2.56 bits per heavy atom. The maximum atomic E-state index is 11.9. The summed E-state index contributed by atoms with van der Waals surface area (Å²) in [6.07, 6.45) is 5.34. The molecule has 2 rings (SSSR count). The van der Waals surface area contributed by atoms with Gasteiger partial charge in [-0.15, -0.1) is 11.3 Å². The number of carbonyl (C=O) groups is 1. The average Bonchev–Trinajstić information content (AvgIpc) is 2.77. The standard InChI is InChI=1S/C14H17IO2S/c1-10(2)13(16)17-14(8-4-3-5-9-14)11-6-7-12(15)18-11/h6-7H,1,3-5,8-9H2,2H3. The first-order chi connectivity index (χ1) is 8.53.